The summed E-state index contributed by atoms with van der Waals surface area (Å²) in [7, 11) is 0. The van der Waals surface area contributed by atoms with Gasteiger partial charge >= 0.3 is 0 Å². The maximum Gasteiger partial charge on any atom is 0.193 e. The minimum atomic E-state index is -0.0146. The molecular weight excluding hydrogens is 328 g/mol. The number of rotatable bonds is 8. The van der Waals surface area contributed by atoms with Gasteiger partial charge in [-0.1, -0.05) is 30.3 Å². The lowest BCUT2D eigenvalue weighted by molar-refractivity contribution is 0.103. The fourth-order valence-corrected chi connectivity index (χ4v) is 2.42. The van der Waals surface area contributed by atoms with Gasteiger partial charge in [0.1, 0.15) is 31.0 Å². The zero-order chi connectivity index (χ0) is 18.2. The Morgan fingerprint density at radius 2 is 1.19 bits per heavy atom. The van der Waals surface area contributed by atoms with Crippen molar-refractivity contribution in [3.8, 4) is 11.5 Å². The zero-order valence-corrected chi connectivity index (χ0v) is 14.1. The number of hydrogen-bond acceptors (Lipinski definition) is 4. The third-order valence-electron chi connectivity index (χ3n) is 3.79. The first kappa shape index (κ1) is 17.4. The van der Waals surface area contributed by atoms with Gasteiger partial charge in [-0.05, 0) is 48.5 Å². The Kier molecular flexibility index (Phi) is 5.78. The maximum absolute atomic E-state index is 12.3. The first-order chi connectivity index (χ1) is 12.8. The van der Waals surface area contributed by atoms with Crippen LogP contribution >= 0.6 is 0 Å². The molecule has 0 bridgehead atoms. The molecule has 3 rings (SSSR count). The van der Waals surface area contributed by atoms with Gasteiger partial charge in [0.2, 0.25) is 0 Å². The summed E-state index contributed by atoms with van der Waals surface area (Å²) in [5.41, 5.74) is 1.89. The summed E-state index contributed by atoms with van der Waals surface area (Å²) in [6.07, 6.45) is 0.791. The van der Waals surface area contributed by atoms with Gasteiger partial charge in [0, 0.05) is 16.7 Å². The van der Waals surface area contributed by atoms with Crippen molar-refractivity contribution in [3.05, 3.63) is 95.6 Å². The van der Waals surface area contributed by atoms with Crippen molar-refractivity contribution < 1.29 is 19.1 Å². The van der Waals surface area contributed by atoms with E-state index in [-0.39, 0.29) is 5.78 Å². The Balaban J connectivity index is 1.48. The van der Waals surface area contributed by atoms with E-state index in [1.54, 1.807) is 60.7 Å². The Labute approximate surface area is 152 Å². The van der Waals surface area contributed by atoms with Crippen molar-refractivity contribution in [1.29, 1.82) is 0 Å². The van der Waals surface area contributed by atoms with Crippen LogP contribution in [0.25, 0.3) is 0 Å². The van der Waals surface area contributed by atoms with Gasteiger partial charge in [0.05, 0.1) is 0 Å². The van der Waals surface area contributed by atoms with Gasteiger partial charge in [0.25, 0.3) is 0 Å². The number of ketones is 1. The molecule has 0 atom stereocenters. The van der Waals surface area contributed by atoms with Crippen molar-refractivity contribution >= 4 is 12.1 Å². The summed E-state index contributed by atoms with van der Waals surface area (Å²) in [4.78, 5) is 22.9. The molecule has 0 aliphatic rings. The average Bonchev–Trinajstić information content (AvgIpc) is 2.72. The Bertz CT molecular complexity index is 853. The molecule has 0 spiro atoms. The van der Waals surface area contributed by atoms with E-state index < -0.39 is 0 Å². The van der Waals surface area contributed by atoms with Gasteiger partial charge < -0.3 is 9.47 Å². The highest BCUT2D eigenvalue weighted by molar-refractivity contribution is 6.08. The molecule has 0 aliphatic heterocycles. The number of aldehydes is 1. The van der Waals surface area contributed by atoms with Crippen molar-refractivity contribution in [2.24, 2.45) is 0 Å². The monoisotopic (exact) mass is 346 g/mol. The van der Waals surface area contributed by atoms with Crippen LogP contribution in [0.2, 0.25) is 0 Å². The van der Waals surface area contributed by atoms with Crippen LogP contribution in [-0.2, 0) is 0 Å². The van der Waals surface area contributed by atoms with E-state index in [1.165, 1.54) is 0 Å². The molecule has 0 saturated heterocycles. The average molecular weight is 346 g/mol. The molecule has 0 saturated carbocycles. The minimum absolute atomic E-state index is 0.0146. The first-order valence-electron chi connectivity index (χ1n) is 8.27. The molecule has 0 fully saturated rings. The van der Waals surface area contributed by atoms with E-state index >= 15 is 0 Å². The van der Waals surface area contributed by atoms with Crippen LogP contribution in [0.1, 0.15) is 26.3 Å². The van der Waals surface area contributed by atoms with Crippen molar-refractivity contribution in [1.82, 2.24) is 0 Å². The number of ether oxygens (including phenoxy) is 2. The largest absolute Gasteiger partial charge is 0.490 e. The molecule has 0 radical (unpaired) electrons. The SMILES string of the molecule is O=Cc1ccc(OCCOc2ccc(C(=O)c3ccccc3)cc2)cc1. The van der Waals surface area contributed by atoms with Crippen LogP contribution in [0.3, 0.4) is 0 Å². The summed E-state index contributed by atoms with van der Waals surface area (Å²) in [6.45, 7) is 0.756. The molecule has 3 aromatic carbocycles. The van der Waals surface area contributed by atoms with Crippen LogP contribution in [0, 0.1) is 0 Å². The number of carbonyl (C=O) groups excluding carboxylic acids is 2. The second-order valence-electron chi connectivity index (χ2n) is 5.60. The first-order valence-corrected chi connectivity index (χ1v) is 8.27. The quantitative estimate of drug-likeness (QED) is 0.349. The van der Waals surface area contributed by atoms with E-state index in [4.69, 9.17) is 9.47 Å². The minimum Gasteiger partial charge on any atom is -0.490 e. The van der Waals surface area contributed by atoms with Crippen molar-refractivity contribution in [2.45, 2.75) is 0 Å². The van der Waals surface area contributed by atoms with Crippen LogP contribution in [0.4, 0.5) is 0 Å². The lowest BCUT2D eigenvalue weighted by atomic mass is 10.0. The second kappa shape index (κ2) is 8.62. The molecule has 0 unspecified atom stereocenters. The van der Waals surface area contributed by atoms with Crippen LogP contribution in [0.5, 0.6) is 11.5 Å². The third kappa shape index (κ3) is 4.57. The highest BCUT2D eigenvalue weighted by atomic mass is 16.5. The van der Waals surface area contributed by atoms with E-state index in [1.807, 2.05) is 18.2 Å². The predicted molar refractivity (Wildman–Crippen MR) is 99.1 cm³/mol. The molecule has 0 amide bonds. The molecule has 0 heterocycles. The van der Waals surface area contributed by atoms with Gasteiger partial charge in [-0.25, -0.2) is 0 Å². The standard InChI is InChI=1S/C22H18O4/c23-16-17-6-10-20(11-7-17)25-14-15-26-21-12-8-19(9-13-21)22(24)18-4-2-1-3-5-18/h1-13,16H,14-15H2. The topological polar surface area (TPSA) is 52.6 Å². The number of benzene rings is 3. The van der Waals surface area contributed by atoms with Gasteiger partial charge in [-0.15, -0.1) is 0 Å². The maximum atomic E-state index is 12.3. The molecular formula is C22H18O4. The Hall–Kier alpha value is -3.40. The second-order valence-corrected chi connectivity index (χ2v) is 5.60. The van der Waals surface area contributed by atoms with Crippen LogP contribution in [0.15, 0.2) is 78.9 Å². The predicted octanol–water partition coefficient (Wildman–Crippen LogP) is 4.19. The van der Waals surface area contributed by atoms with Crippen LogP contribution < -0.4 is 9.47 Å². The van der Waals surface area contributed by atoms with E-state index in [2.05, 4.69) is 0 Å². The molecule has 0 aromatic heterocycles. The van der Waals surface area contributed by atoms with Crippen molar-refractivity contribution in [2.75, 3.05) is 13.2 Å². The van der Waals surface area contributed by atoms with Crippen molar-refractivity contribution in [3.63, 3.8) is 0 Å². The lowest BCUT2D eigenvalue weighted by Crippen LogP contribution is -2.09. The Morgan fingerprint density at radius 3 is 1.73 bits per heavy atom. The van der Waals surface area contributed by atoms with Gasteiger partial charge in [-0.3, -0.25) is 9.59 Å². The highest BCUT2D eigenvalue weighted by Gasteiger charge is 2.08. The van der Waals surface area contributed by atoms with Gasteiger partial charge in [-0.2, -0.15) is 0 Å². The molecule has 26 heavy (non-hydrogen) atoms. The number of carbonyl (C=O) groups is 2. The molecule has 4 nitrogen and oxygen atoms in total. The summed E-state index contributed by atoms with van der Waals surface area (Å²) in [5.74, 6) is 1.34. The normalized spacial score (nSPS) is 10.2. The van der Waals surface area contributed by atoms with Crippen LogP contribution in [-0.4, -0.2) is 25.3 Å². The fraction of sp³-hybridized carbons (Fsp3) is 0.0909. The molecule has 130 valence electrons. The number of hydrogen-bond donors (Lipinski definition) is 0. The molecule has 0 aliphatic carbocycles. The zero-order valence-electron chi connectivity index (χ0n) is 14.1. The molecule has 0 N–H and O–H groups in total. The molecule has 3 aromatic rings. The van der Waals surface area contributed by atoms with E-state index in [0.29, 0.717) is 41.4 Å². The molecule has 4 heteroatoms. The smallest absolute Gasteiger partial charge is 0.193 e. The van der Waals surface area contributed by atoms with E-state index in [0.717, 1.165) is 6.29 Å². The fourth-order valence-electron chi connectivity index (χ4n) is 2.42. The summed E-state index contributed by atoms with van der Waals surface area (Å²) in [6, 6.07) is 23.1. The summed E-state index contributed by atoms with van der Waals surface area (Å²) < 4.78 is 11.2. The summed E-state index contributed by atoms with van der Waals surface area (Å²) in [5, 5.41) is 0. The Morgan fingerprint density at radius 1 is 0.692 bits per heavy atom. The third-order valence-corrected chi connectivity index (χ3v) is 3.79. The lowest BCUT2D eigenvalue weighted by Gasteiger charge is -2.09. The van der Waals surface area contributed by atoms with Gasteiger partial charge in [0.15, 0.2) is 5.78 Å². The summed E-state index contributed by atoms with van der Waals surface area (Å²) >= 11 is 0. The van der Waals surface area contributed by atoms with E-state index in [9.17, 15) is 9.59 Å². The highest BCUT2D eigenvalue weighted by Crippen LogP contribution is 2.16.